The first-order valence-electron chi connectivity index (χ1n) is 7.86. The van der Waals surface area contributed by atoms with Gasteiger partial charge in [-0.2, -0.15) is 0 Å². The van der Waals surface area contributed by atoms with Crippen LogP contribution in [-0.2, 0) is 6.54 Å². The number of nitrogens with zero attached hydrogens (tertiary/aromatic N) is 2. The van der Waals surface area contributed by atoms with E-state index in [0.29, 0.717) is 18.3 Å². The second-order valence-corrected chi connectivity index (χ2v) is 7.01. The molecule has 0 aliphatic rings. The van der Waals surface area contributed by atoms with Crippen molar-refractivity contribution in [1.82, 2.24) is 14.9 Å². The summed E-state index contributed by atoms with van der Waals surface area (Å²) in [5.41, 5.74) is 1.92. The highest BCUT2D eigenvalue weighted by Gasteiger charge is 2.07. The minimum atomic E-state index is -0.185. The molecule has 5 nitrogen and oxygen atoms in total. The van der Waals surface area contributed by atoms with E-state index < -0.39 is 0 Å². The van der Waals surface area contributed by atoms with Gasteiger partial charge >= 0.3 is 6.03 Å². The monoisotopic (exact) mass is 332 g/mol. The summed E-state index contributed by atoms with van der Waals surface area (Å²) in [5, 5.41) is 6.35. The number of aromatic nitrogens is 2. The lowest BCUT2D eigenvalue weighted by atomic mass is 10.2. The maximum Gasteiger partial charge on any atom is 0.319 e. The van der Waals surface area contributed by atoms with Crippen LogP contribution >= 0.6 is 11.8 Å². The Morgan fingerprint density at radius 1 is 1.43 bits per heavy atom. The highest BCUT2D eigenvalue weighted by Crippen LogP contribution is 2.28. The van der Waals surface area contributed by atoms with E-state index in [1.165, 1.54) is 4.90 Å². The zero-order valence-electron chi connectivity index (χ0n) is 13.9. The second-order valence-electron chi connectivity index (χ2n) is 5.49. The molecule has 0 fully saturated rings. The Morgan fingerprint density at radius 3 is 2.91 bits per heavy atom. The average molecular weight is 332 g/mol. The van der Waals surface area contributed by atoms with Gasteiger partial charge in [0.1, 0.15) is 0 Å². The molecular weight excluding hydrogens is 308 g/mol. The summed E-state index contributed by atoms with van der Waals surface area (Å²) in [7, 11) is 0. The molecule has 0 radical (unpaired) electrons. The Bertz CT molecular complexity index is 628. The number of thioether (sulfide) groups is 1. The summed E-state index contributed by atoms with van der Waals surface area (Å²) in [6.45, 7) is 7.69. The van der Waals surface area contributed by atoms with Crippen molar-refractivity contribution in [2.75, 3.05) is 11.9 Å². The molecule has 6 heteroatoms. The number of amides is 2. The highest BCUT2D eigenvalue weighted by atomic mass is 32.2. The van der Waals surface area contributed by atoms with Gasteiger partial charge in [0.15, 0.2) is 0 Å². The van der Waals surface area contributed by atoms with Gasteiger partial charge in [-0.3, -0.25) is 0 Å². The molecule has 2 N–H and O–H groups in total. The van der Waals surface area contributed by atoms with Crippen molar-refractivity contribution in [3.05, 3.63) is 42.5 Å². The SMILES string of the molecule is CC[C@H](C)Sc1ccc(NC(=O)NCCn2ccnc2)c(C)c1. The van der Waals surface area contributed by atoms with Crippen LogP contribution in [-0.4, -0.2) is 27.4 Å². The van der Waals surface area contributed by atoms with Crippen LogP contribution in [0.5, 0.6) is 0 Å². The summed E-state index contributed by atoms with van der Waals surface area (Å²) in [4.78, 5) is 17.2. The predicted molar refractivity (Wildman–Crippen MR) is 96.0 cm³/mol. The molecular formula is C17H24N4OS. The lowest BCUT2D eigenvalue weighted by Crippen LogP contribution is -2.31. The molecule has 23 heavy (non-hydrogen) atoms. The molecule has 0 saturated carbocycles. The van der Waals surface area contributed by atoms with Gasteiger partial charge in [-0.25, -0.2) is 9.78 Å². The molecule has 0 spiro atoms. The number of rotatable bonds is 7. The van der Waals surface area contributed by atoms with Crippen LogP contribution < -0.4 is 10.6 Å². The number of aryl methyl sites for hydroxylation is 1. The van der Waals surface area contributed by atoms with Gasteiger partial charge in [0, 0.05) is 41.3 Å². The van der Waals surface area contributed by atoms with Crippen LogP contribution in [0.2, 0.25) is 0 Å². The molecule has 2 aromatic rings. The van der Waals surface area contributed by atoms with Gasteiger partial charge in [0.2, 0.25) is 0 Å². The minimum Gasteiger partial charge on any atom is -0.336 e. The van der Waals surface area contributed by atoms with Gasteiger partial charge in [-0.1, -0.05) is 13.8 Å². The van der Waals surface area contributed by atoms with Crippen LogP contribution in [0, 0.1) is 6.92 Å². The Hall–Kier alpha value is -1.95. The molecule has 2 amide bonds. The third-order valence-corrected chi connectivity index (χ3v) is 4.83. The van der Waals surface area contributed by atoms with E-state index in [9.17, 15) is 4.79 Å². The Balaban J connectivity index is 1.83. The first-order valence-corrected chi connectivity index (χ1v) is 8.74. The minimum absolute atomic E-state index is 0.185. The summed E-state index contributed by atoms with van der Waals surface area (Å²) >= 11 is 1.86. The highest BCUT2D eigenvalue weighted by molar-refractivity contribution is 7.99. The molecule has 1 heterocycles. The van der Waals surface area contributed by atoms with Crippen molar-refractivity contribution >= 4 is 23.5 Å². The first kappa shape index (κ1) is 17.4. The fourth-order valence-electron chi connectivity index (χ4n) is 2.05. The smallest absolute Gasteiger partial charge is 0.319 e. The number of hydrogen-bond donors (Lipinski definition) is 2. The van der Waals surface area contributed by atoms with E-state index in [1.807, 2.05) is 35.5 Å². The molecule has 0 aliphatic heterocycles. The van der Waals surface area contributed by atoms with Crippen molar-refractivity contribution in [3.8, 4) is 0 Å². The Morgan fingerprint density at radius 2 is 2.26 bits per heavy atom. The van der Waals surface area contributed by atoms with Crippen LogP contribution in [0.4, 0.5) is 10.5 Å². The number of anilines is 1. The topological polar surface area (TPSA) is 59.0 Å². The van der Waals surface area contributed by atoms with Crippen molar-refractivity contribution in [2.45, 2.75) is 43.9 Å². The van der Waals surface area contributed by atoms with E-state index in [-0.39, 0.29) is 6.03 Å². The summed E-state index contributed by atoms with van der Waals surface area (Å²) < 4.78 is 1.92. The molecule has 1 atom stereocenters. The number of imidazole rings is 1. The maximum absolute atomic E-state index is 11.9. The van der Waals surface area contributed by atoms with Gasteiger partial charge in [0.25, 0.3) is 0 Å². The van der Waals surface area contributed by atoms with Crippen molar-refractivity contribution in [1.29, 1.82) is 0 Å². The summed E-state index contributed by atoms with van der Waals surface area (Å²) in [6.07, 6.45) is 6.47. The van der Waals surface area contributed by atoms with E-state index >= 15 is 0 Å². The predicted octanol–water partition coefficient (Wildman–Crippen LogP) is 3.90. The molecule has 1 aromatic heterocycles. The number of urea groups is 1. The van der Waals surface area contributed by atoms with Crippen molar-refractivity contribution in [2.24, 2.45) is 0 Å². The summed E-state index contributed by atoms with van der Waals surface area (Å²) in [5.74, 6) is 0. The number of carbonyl (C=O) groups is 1. The number of hydrogen-bond acceptors (Lipinski definition) is 3. The molecule has 124 valence electrons. The third kappa shape index (κ3) is 5.63. The largest absolute Gasteiger partial charge is 0.336 e. The Labute approximate surface area is 141 Å². The van der Waals surface area contributed by atoms with Crippen molar-refractivity contribution in [3.63, 3.8) is 0 Å². The number of nitrogens with one attached hydrogen (secondary N) is 2. The quantitative estimate of drug-likeness (QED) is 0.756. The average Bonchev–Trinajstić information content (AvgIpc) is 3.03. The number of benzene rings is 1. The molecule has 0 bridgehead atoms. The fraction of sp³-hybridized carbons (Fsp3) is 0.412. The lowest BCUT2D eigenvalue weighted by Gasteiger charge is -2.13. The zero-order chi connectivity index (χ0) is 16.7. The van der Waals surface area contributed by atoms with Crippen LogP contribution in [0.1, 0.15) is 25.8 Å². The molecule has 0 unspecified atom stereocenters. The molecule has 0 saturated heterocycles. The van der Waals surface area contributed by atoms with E-state index in [0.717, 1.165) is 17.7 Å². The second kappa shape index (κ2) is 8.62. The molecule has 1 aromatic carbocycles. The van der Waals surface area contributed by atoms with Crippen LogP contribution in [0.3, 0.4) is 0 Å². The molecule has 2 rings (SSSR count). The molecule has 0 aliphatic carbocycles. The van der Waals surface area contributed by atoms with Crippen LogP contribution in [0.25, 0.3) is 0 Å². The van der Waals surface area contributed by atoms with Crippen molar-refractivity contribution < 1.29 is 4.79 Å². The van der Waals surface area contributed by atoms with Gasteiger partial charge in [-0.05, 0) is 37.1 Å². The van der Waals surface area contributed by atoms with Gasteiger partial charge in [0.05, 0.1) is 6.33 Å². The van der Waals surface area contributed by atoms with E-state index in [1.54, 1.807) is 12.5 Å². The van der Waals surface area contributed by atoms with Gasteiger partial charge in [-0.15, -0.1) is 11.8 Å². The maximum atomic E-state index is 11.9. The fourth-order valence-corrected chi connectivity index (χ4v) is 3.07. The van der Waals surface area contributed by atoms with Crippen LogP contribution in [0.15, 0.2) is 41.8 Å². The zero-order valence-corrected chi connectivity index (χ0v) is 14.7. The standard InChI is InChI=1S/C17H24N4OS/c1-4-14(3)23-15-5-6-16(13(2)11-15)20-17(22)19-8-10-21-9-7-18-12-21/h5-7,9,11-12,14H,4,8,10H2,1-3H3,(H2,19,20,22)/t14-/m0/s1. The first-order chi connectivity index (χ1) is 11.1. The Kier molecular flexibility index (Phi) is 6.52. The number of carbonyl (C=O) groups excluding carboxylic acids is 1. The third-order valence-electron chi connectivity index (χ3n) is 3.57. The summed E-state index contributed by atoms with van der Waals surface area (Å²) in [6, 6.07) is 5.97. The van der Waals surface area contributed by atoms with E-state index in [2.05, 4.69) is 41.6 Å². The lowest BCUT2D eigenvalue weighted by molar-refractivity contribution is 0.251. The van der Waals surface area contributed by atoms with E-state index in [4.69, 9.17) is 0 Å². The van der Waals surface area contributed by atoms with Gasteiger partial charge < -0.3 is 15.2 Å². The normalized spacial score (nSPS) is 12.0.